The van der Waals surface area contributed by atoms with E-state index >= 15 is 0 Å². The molecule has 1 aromatic heterocycles. The zero-order valence-electron chi connectivity index (χ0n) is 13.0. The Bertz CT molecular complexity index is 696. The smallest absolute Gasteiger partial charge is 0.307 e. The summed E-state index contributed by atoms with van der Waals surface area (Å²) in [4.78, 5) is 17.7. The predicted molar refractivity (Wildman–Crippen MR) is 87.3 cm³/mol. The SMILES string of the molecule is Cc1nc(CN2CCCC(C(=O)O)C2)oc1-c1ccc(Cl)cc1. The molecule has 1 aliphatic rings. The Kier molecular flexibility index (Phi) is 4.68. The molecule has 1 aliphatic heterocycles. The summed E-state index contributed by atoms with van der Waals surface area (Å²) in [5, 5.41) is 9.84. The number of piperidine rings is 1. The molecule has 0 saturated carbocycles. The molecule has 122 valence electrons. The molecule has 1 N–H and O–H groups in total. The number of carboxylic acids is 1. The number of carboxylic acid groups (broad SMARTS) is 1. The summed E-state index contributed by atoms with van der Waals surface area (Å²) in [6, 6.07) is 7.45. The maximum absolute atomic E-state index is 11.1. The highest BCUT2D eigenvalue weighted by molar-refractivity contribution is 6.30. The van der Waals surface area contributed by atoms with Crippen LogP contribution in [-0.4, -0.2) is 34.0 Å². The molecule has 1 fully saturated rings. The molecule has 0 spiro atoms. The molecule has 0 bridgehead atoms. The maximum Gasteiger partial charge on any atom is 0.307 e. The largest absolute Gasteiger partial charge is 0.481 e. The number of rotatable bonds is 4. The van der Waals surface area contributed by atoms with E-state index in [0.29, 0.717) is 24.0 Å². The van der Waals surface area contributed by atoms with Gasteiger partial charge in [0.1, 0.15) is 0 Å². The van der Waals surface area contributed by atoms with Crippen LogP contribution in [0.5, 0.6) is 0 Å². The number of hydrogen-bond donors (Lipinski definition) is 1. The molecule has 2 aromatic rings. The van der Waals surface area contributed by atoms with Gasteiger partial charge in [-0.25, -0.2) is 4.98 Å². The molecule has 3 rings (SSSR count). The summed E-state index contributed by atoms with van der Waals surface area (Å²) in [5.41, 5.74) is 1.77. The van der Waals surface area contributed by atoms with E-state index in [1.54, 1.807) is 0 Å². The van der Waals surface area contributed by atoms with E-state index in [4.69, 9.17) is 21.1 Å². The minimum absolute atomic E-state index is 0.296. The van der Waals surface area contributed by atoms with Gasteiger partial charge in [-0.3, -0.25) is 9.69 Å². The summed E-state index contributed by atoms with van der Waals surface area (Å²) in [6.07, 6.45) is 1.63. The van der Waals surface area contributed by atoms with Crippen LogP contribution in [-0.2, 0) is 11.3 Å². The highest BCUT2D eigenvalue weighted by Gasteiger charge is 2.26. The lowest BCUT2D eigenvalue weighted by molar-refractivity contribution is -0.143. The zero-order valence-corrected chi connectivity index (χ0v) is 13.7. The van der Waals surface area contributed by atoms with Crippen molar-refractivity contribution >= 4 is 17.6 Å². The first-order chi connectivity index (χ1) is 11.0. The van der Waals surface area contributed by atoms with Crippen molar-refractivity contribution in [1.82, 2.24) is 9.88 Å². The van der Waals surface area contributed by atoms with Crippen molar-refractivity contribution in [2.24, 2.45) is 5.92 Å². The third kappa shape index (κ3) is 3.74. The second kappa shape index (κ2) is 6.72. The highest BCUT2D eigenvalue weighted by atomic mass is 35.5. The van der Waals surface area contributed by atoms with Gasteiger partial charge in [0.2, 0.25) is 5.89 Å². The van der Waals surface area contributed by atoms with E-state index < -0.39 is 5.97 Å². The summed E-state index contributed by atoms with van der Waals surface area (Å²) in [6.45, 7) is 3.87. The number of oxazole rings is 1. The normalized spacial score (nSPS) is 19.0. The van der Waals surface area contributed by atoms with E-state index in [1.807, 2.05) is 31.2 Å². The van der Waals surface area contributed by atoms with Gasteiger partial charge in [0.25, 0.3) is 0 Å². The lowest BCUT2D eigenvalue weighted by atomic mass is 9.98. The van der Waals surface area contributed by atoms with Crippen LogP contribution in [0, 0.1) is 12.8 Å². The fourth-order valence-electron chi connectivity index (χ4n) is 2.98. The van der Waals surface area contributed by atoms with Crippen LogP contribution in [0.25, 0.3) is 11.3 Å². The number of likely N-dealkylation sites (tertiary alicyclic amines) is 1. The summed E-state index contributed by atoms with van der Waals surface area (Å²) in [7, 11) is 0. The quantitative estimate of drug-likeness (QED) is 0.925. The first kappa shape index (κ1) is 16.0. The molecule has 1 atom stereocenters. The second-order valence-corrected chi connectivity index (χ2v) is 6.38. The number of nitrogens with zero attached hydrogens (tertiary/aromatic N) is 2. The maximum atomic E-state index is 11.1. The Morgan fingerprint density at radius 1 is 1.43 bits per heavy atom. The number of aliphatic carboxylic acids is 1. The van der Waals surface area contributed by atoms with Crippen LogP contribution in [0.4, 0.5) is 0 Å². The van der Waals surface area contributed by atoms with Crippen LogP contribution in [0.3, 0.4) is 0 Å². The number of aromatic nitrogens is 1. The van der Waals surface area contributed by atoms with Crippen molar-refractivity contribution in [3.63, 3.8) is 0 Å². The minimum atomic E-state index is -0.722. The minimum Gasteiger partial charge on any atom is -0.481 e. The van der Waals surface area contributed by atoms with Gasteiger partial charge in [0.05, 0.1) is 18.2 Å². The predicted octanol–water partition coefficient (Wildman–Crippen LogP) is 3.60. The van der Waals surface area contributed by atoms with Crippen molar-refractivity contribution in [3.8, 4) is 11.3 Å². The van der Waals surface area contributed by atoms with Crippen molar-refractivity contribution < 1.29 is 14.3 Å². The number of benzene rings is 1. The highest BCUT2D eigenvalue weighted by Crippen LogP contribution is 2.27. The van der Waals surface area contributed by atoms with Crippen LogP contribution in [0.2, 0.25) is 5.02 Å². The van der Waals surface area contributed by atoms with E-state index in [1.165, 1.54) is 0 Å². The van der Waals surface area contributed by atoms with Gasteiger partial charge < -0.3 is 9.52 Å². The summed E-state index contributed by atoms with van der Waals surface area (Å²) < 4.78 is 5.90. The standard InChI is InChI=1S/C17H19ClN2O3/c1-11-16(12-4-6-14(18)7-5-12)23-15(19-11)10-20-8-2-3-13(9-20)17(21)22/h4-7,13H,2-3,8-10H2,1H3,(H,21,22). The van der Waals surface area contributed by atoms with Gasteiger partial charge >= 0.3 is 5.97 Å². The van der Waals surface area contributed by atoms with Gasteiger partial charge in [0.15, 0.2) is 5.76 Å². The summed E-state index contributed by atoms with van der Waals surface area (Å²) >= 11 is 5.91. The van der Waals surface area contributed by atoms with Crippen molar-refractivity contribution in [2.75, 3.05) is 13.1 Å². The molecule has 0 radical (unpaired) electrons. The van der Waals surface area contributed by atoms with Gasteiger partial charge in [-0.05, 0) is 50.6 Å². The van der Waals surface area contributed by atoms with Gasteiger partial charge in [0, 0.05) is 17.1 Å². The Balaban J connectivity index is 1.73. The molecular weight excluding hydrogens is 316 g/mol. The topological polar surface area (TPSA) is 66.6 Å². The fraction of sp³-hybridized carbons (Fsp3) is 0.412. The van der Waals surface area contributed by atoms with Crippen molar-refractivity contribution in [2.45, 2.75) is 26.3 Å². The molecule has 1 aromatic carbocycles. The monoisotopic (exact) mass is 334 g/mol. The second-order valence-electron chi connectivity index (χ2n) is 5.94. The molecule has 5 nitrogen and oxygen atoms in total. The van der Waals surface area contributed by atoms with Crippen molar-refractivity contribution in [1.29, 1.82) is 0 Å². The average molecular weight is 335 g/mol. The number of hydrogen-bond acceptors (Lipinski definition) is 4. The van der Waals surface area contributed by atoms with Crippen LogP contribution in [0.1, 0.15) is 24.4 Å². The zero-order chi connectivity index (χ0) is 16.4. The third-order valence-corrected chi connectivity index (χ3v) is 4.41. The molecular formula is C17H19ClN2O3. The van der Waals surface area contributed by atoms with E-state index in [0.717, 1.165) is 36.4 Å². The first-order valence-electron chi connectivity index (χ1n) is 7.70. The fourth-order valence-corrected chi connectivity index (χ4v) is 3.11. The van der Waals surface area contributed by atoms with Gasteiger partial charge in [-0.2, -0.15) is 0 Å². The third-order valence-electron chi connectivity index (χ3n) is 4.16. The lowest BCUT2D eigenvalue weighted by Gasteiger charge is -2.29. The van der Waals surface area contributed by atoms with Gasteiger partial charge in [-0.1, -0.05) is 11.6 Å². The van der Waals surface area contributed by atoms with Crippen LogP contribution >= 0.6 is 11.6 Å². The molecule has 0 aliphatic carbocycles. The number of carbonyl (C=O) groups is 1. The summed E-state index contributed by atoms with van der Waals surface area (Å²) in [5.74, 6) is 0.345. The first-order valence-corrected chi connectivity index (χ1v) is 8.08. The van der Waals surface area contributed by atoms with E-state index in [9.17, 15) is 4.79 Å². The van der Waals surface area contributed by atoms with E-state index in [2.05, 4.69) is 9.88 Å². The Labute approximate surface area is 139 Å². The molecule has 2 heterocycles. The number of aryl methyl sites for hydroxylation is 1. The molecule has 6 heteroatoms. The Morgan fingerprint density at radius 2 is 2.17 bits per heavy atom. The molecule has 23 heavy (non-hydrogen) atoms. The molecule has 1 saturated heterocycles. The molecule has 0 amide bonds. The number of halogens is 1. The Hall–Kier alpha value is -1.85. The van der Waals surface area contributed by atoms with Crippen LogP contribution in [0.15, 0.2) is 28.7 Å². The Morgan fingerprint density at radius 3 is 2.87 bits per heavy atom. The van der Waals surface area contributed by atoms with E-state index in [-0.39, 0.29) is 5.92 Å². The molecule has 1 unspecified atom stereocenters. The van der Waals surface area contributed by atoms with Gasteiger partial charge in [-0.15, -0.1) is 0 Å². The average Bonchev–Trinajstić information content (AvgIpc) is 2.89. The lowest BCUT2D eigenvalue weighted by Crippen LogP contribution is -2.38. The van der Waals surface area contributed by atoms with Crippen molar-refractivity contribution in [3.05, 3.63) is 40.9 Å². The van der Waals surface area contributed by atoms with Crippen LogP contribution < -0.4 is 0 Å².